The van der Waals surface area contributed by atoms with E-state index in [0.29, 0.717) is 6.04 Å². The van der Waals surface area contributed by atoms with Crippen molar-refractivity contribution in [3.8, 4) is 0 Å². The van der Waals surface area contributed by atoms with E-state index >= 15 is 0 Å². The van der Waals surface area contributed by atoms with Crippen LogP contribution >= 0.6 is 22.6 Å². The molecule has 0 saturated heterocycles. The Labute approximate surface area is 124 Å². The molecule has 0 bridgehead atoms. The molecule has 0 aromatic heterocycles. The lowest BCUT2D eigenvalue weighted by atomic mass is 9.82. The highest BCUT2D eigenvalue weighted by atomic mass is 127. The third kappa shape index (κ3) is 3.01. The molecule has 2 aliphatic rings. The number of hydrogen-bond donors (Lipinski definition) is 1. The summed E-state index contributed by atoms with van der Waals surface area (Å²) in [6, 6.07) is 7.43. The van der Waals surface area contributed by atoms with Gasteiger partial charge in [0.1, 0.15) is 0 Å². The maximum Gasteiger partial charge on any atom is 0.0372 e. The Morgan fingerprint density at radius 1 is 1.11 bits per heavy atom. The molecule has 2 unspecified atom stereocenters. The van der Waals surface area contributed by atoms with Gasteiger partial charge in [-0.05, 0) is 90.8 Å². The molecule has 2 aliphatic carbocycles. The molecule has 1 N–H and O–H groups in total. The number of hydrogen-bond acceptors (Lipinski definition) is 1. The lowest BCUT2D eigenvalue weighted by molar-refractivity contribution is 0.303. The molecule has 1 aromatic carbocycles. The van der Waals surface area contributed by atoms with E-state index in [0.717, 1.165) is 11.8 Å². The van der Waals surface area contributed by atoms with Crippen LogP contribution in [0.5, 0.6) is 0 Å². The van der Waals surface area contributed by atoms with Crippen LogP contribution in [0, 0.1) is 22.3 Å². The predicted octanol–water partition coefficient (Wildman–Crippen LogP) is 4.98. The van der Waals surface area contributed by atoms with Crippen molar-refractivity contribution in [1.29, 1.82) is 0 Å². The van der Waals surface area contributed by atoms with Crippen LogP contribution in [-0.4, -0.2) is 6.04 Å². The van der Waals surface area contributed by atoms with Crippen molar-refractivity contribution in [1.82, 2.24) is 0 Å². The van der Waals surface area contributed by atoms with E-state index in [4.69, 9.17) is 0 Å². The SMILES string of the molecule is Cc1cc(I)ccc1NC1CCCC(C2CC2)C1. The Morgan fingerprint density at radius 3 is 2.67 bits per heavy atom. The van der Waals surface area contributed by atoms with Crippen molar-refractivity contribution in [3.63, 3.8) is 0 Å². The molecule has 18 heavy (non-hydrogen) atoms. The van der Waals surface area contributed by atoms with E-state index in [2.05, 4.69) is 53.0 Å². The standard InChI is InChI=1S/C16H22IN/c1-11-9-14(17)7-8-16(11)18-15-4-2-3-13(10-15)12-5-6-12/h7-9,12-13,15,18H,2-6,10H2,1H3. The maximum atomic E-state index is 3.79. The zero-order valence-corrected chi connectivity index (χ0v) is 13.2. The van der Waals surface area contributed by atoms with E-state index < -0.39 is 0 Å². The Hall–Kier alpha value is -0.250. The van der Waals surface area contributed by atoms with Crippen molar-refractivity contribution >= 4 is 28.3 Å². The topological polar surface area (TPSA) is 12.0 Å². The zero-order chi connectivity index (χ0) is 12.5. The Morgan fingerprint density at radius 2 is 1.94 bits per heavy atom. The summed E-state index contributed by atoms with van der Waals surface area (Å²) in [7, 11) is 0. The number of halogens is 1. The van der Waals surface area contributed by atoms with Crippen LogP contribution in [0.1, 0.15) is 44.1 Å². The minimum Gasteiger partial charge on any atom is -0.382 e. The van der Waals surface area contributed by atoms with Crippen LogP contribution in [0.25, 0.3) is 0 Å². The van der Waals surface area contributed by atoms with Gasteiger partial charge in [0.25, 0.3) is 0 Å². The van der Waals surface area contributed by atoms with Crippen molar-refractivity contribution in [3.05, 3.63) is 27.3 Å². The molecule has 0 amide bonds. The maximum absolute atomic E-state index is 3.79. The molecule has 1 aromatic rings. The lowest BCUT2D eigenvalue weighted by Gasteiger charge is -2.31. The number of aryl methyl sites for hydroxylation is 1. The first kappa shape index (κ1) is 12.8. The quantitative estimate of drug-likeness (QED) is 0.754. The Bertz CT molecular complexity index is 425. The molecule has 98 valence electrons. The molecule has 0 spiro atoms. The van der Waals surface area contributed by atoms with E-state index in [-0.39, 0.29) is 0 Å². The monoisotopic (exact) mass is 355 g/mol. The molecule has 2 heteroatoms. The zero-order valence-electron chi connectivity index (χ0n) is 11.1. The number of anilines is 1. The summed E-state index contributed by atoms with van der Waals surface area (Å²) in [5.41, 5.74) is 2.73. The molecule has 1 nitrogen and oxygen atoms in total. The summed E-state index contributed by atoms with van der Waals surface area (Å²) < 4.78 is 1.33. The highest BCUT2D eigenvalue weighted by molar-refractivity contribution is 14.1. The molecule has 0 heterocycles. The van der Waals surface area contributed by atoms with Gasteiger partial charge in [-0.3, -0.25) is 0 Å². The Balaban J connectivity index is 1.64. The molecule has 2 atom stereocenters. The first-order valence-corrected chi connectivity index (χ1v) is 8.33. The average molecular weight is 355 g/mol. The fourth-order valence-electron chi connectivity index (χ4n) is 3.36. The van der Waals surface area contributed by atoms with Gasteiger partial charge in [0, 0.05) is 15.3 Å². The Kier molecular flexibility index (Phi) is 3.83. The highest BCUT2D eigenvalue weighted by Gasteiger charge is 2.34. The normalized spacial score (nSPS) is 28.1. The van der Waals surface area contributed by atoms with Crippen molar-refractivity contribution in [2.45, 2.75) is 51.5 Å². The van der Waals surface area contributed by atoms with Crippen molar-refractivity contribution < 1.29 is 0 Å². The summed E-state index contributed by atoms with van der Waals surface area (Å²) in [5, 5.41) is 3.79. The van der Waals surface area contributed by atoms with Gasteiger partial charge in [-0.1, -0.05) is 12.8 Å². The fraction of sp³-hybridized carbons (Fsp3) is 0.625. The van der Waals surface area contributed by atoms with Gasteiger partial charge < -0.3 is 5.32 Å². The molecular formula is C16H22IN. The van der Waals surface area contributed by atoms with Gasteiger partial charge >= 0.3 is 0 Å². The number of rotatable bonds is 3. The largest absolute Gasteiger partial charge is 0.382 e. The van der Waals surface area contributed by atoms with Gasteiger partial charge in [0.15, 0.2) is 0 Å². The third-order valence-corrected chi connectivity index (χ3v) is 5.22. The highest BCUT2D eigenvalue weighted by Crippen LogP contribution is 2.44. The van der Waals surface area contributed by atoms with E-state index in [9.17, 15) is 0 Å². The lowest BCUT2D eigenvalue weighted by Crippen LogP contribution is -2.28. The minimum atomic E-state index is 0.711. The van der Waals surface area contributed by atoms with Crippen LogP contribution in [0.3, 0.4) is 0 Å². The first-order valence-electron chi connectivity index (χ1n) is 7.25. The molecule has 2 fully saturated rings. The van der Waals surface area contributed by atoms with Gasteiger partial charge in [0.05, 0.1) is 0 Å². The summed E-state index contributed by atoms with van der Waals surface area (Å²) in [6.45, 7) is 2.21. The smallest absolute Gasteiger partial charge is 0.0372 e. The fourth-order valence-corrected chi connectivity index (χ4v) is 4.01. The second-order valence-corrected chi connectivity index (χ2v) is 7.31. The van der Waals surface area contributed by atoms with Crippen LogP contribution in [0.15, 0.2) is 18.2 Å². The number of nitrogens with one attached hydrogen (secondary N) is 1. The van der Waals surface area contributed by atoms with Crippen LogP contribution in [0.2, 0.25) is 0 Å². The van der Waals surface area contributed by atoms with E-state index in [1.807, 2.05) is 0 Å². The van der Waals surface area contributed by atoms with Gasteiger partial charge in [-0.25, -0.2) is 0 Å². The summed E-state index contributed by atoms with van der Waals surface area (Å²) in [4.78, 5) is 0. The summed E-state index contributed by atoms with van der Waals surface area (Å²) in [5.74, 6) is 2.09. The van der Waals surface area contributed by atoms with E-state index in [1.165, 1.54) is 53.3 Å². The van der Waals surface area contributed by atoms with Crippen molar-refractivity contribution in [2.75, 3.05) is 5.32 Å². The average Bonchev–Trinajstić information content (AvgIpc) is 3.17. The van der Waals surface area contributed by atoms with Gasteiger partial charge in [-0.15, -0.1) is 0 Å². The second kappa shape index (κ2) is 5.40. The van der Waals surface area contributed by atoms with Gasteiger partial charge in [0.2, 0.25) is 0 Å². The number of benzene rings is 1. The van der Waals surface area contributed by atoms with E-state index in [1.54, 1.807) is 0 Å². The molecule has 0 radical (unpaired) electrons. The van der Waals surface area contributed by atoms with Crippen LogP contribution < -0.4 is 5.32 Å². The van der Waals surface area contributed by atoms with Crippen LogP contribution in [-0.2, 0) is 0 Å². The summed E-state index contributed by atoms with van der Waals surface area (Å²) in [6.07, 6.45) is 8.65. The minimum absolute atomic E-state index is 0.711. The third-order valence-electron chi connectivity index (χ3n) is 4.55. The van der Waals surface area contributed by atoms with Gasteiger partial charge in [-0.2, -0.15) is 0 Å². The van der Waals surface area contributed by atoms with Crippen molar-refractivity contribution in [2.24, 2.45) is 11.8 Å². The predicted molar refractivity (Wildman–Crippen MR) is 86.0 cm³/mol. The second-order valence-electron chi connectivity index (χ2n) is 6.06. The molecule has 0 aliphatic heterocycles. The first-order chi connectivity index (χ1) is 8.72. The molecule has 2 saturated carbocycles. The molecular weight excluding hydrogens is 333 g/mol. The van der Waals surface area contributed by atoms with Crippen LogP contribution in [0.4, 0.5) is 5.69 Å². The summed E-state index contributed by atoms with van der Waals surface area (Å²) >= 11 is 2.39. The molecule has 3 rings (SSSR count).